The smallest absolute Gasteiger partial charge is 0.0273 e. The monoisotopic (exact) mass is 230 g/mol. The number of unbranched alkanes of at least 4 members (excludes halogenated alkanes) is 1. The first-order chi connectivity index (χ1) is 7.22. The normalized spacial score (nSPS) is 20.3. The van der Waals surface area contributed by atoms with E-state index in [0.717, 1.165) is 19.5 Å². The lowest BCUT2D eigenvalue weighted by Gasteiger charge is -2.20. The van der Waals surface area contributed by atoms with Gasteiger partial charge in [-0.05, 0) is 26.4 Å². The van der Waals surface area contributed by atoms with Crippen LogP contribution in [0.4, 0.5) is 0 Å². The van der Waals surface area contributed by atoms with Crippen LogP contribution in [0.3, 0.4) is 0 Å². The predicted octanol–water partition coefficient (Wildman–Crippen LogP) is 2.48. The van der Waals surface area contributed by atoms with Crippen LogP contribution in [0.25, 0.3) is 0 Å². The van der Waals surface area contributed by atoms with E-state index in [1.165, 1.54) is 24.3 Å². The van der Waals surface area contributed by atoms with Crippen LogP contribution in [0.1, 0.15) is 40.0 Å². The summed E-state index contributed by atoms with van der Waals surface area (Å²) in [6.07, 6.45) is 3.67. The van der Waals surface area contributed by atoms with Gasteiger partial charge in [0.05, 0.1) is 0 Å². The maximum Gasteiger partial charge on any atom is 0.0273 e. The van der Waals surface area contributed by atoms with Gasteiger partial charge in [-0.3, -0.25) is 0 Å². The Morgan fingerprint density at radius 3 is 2.60 bits per heavy atom. The van der Waals surface area contributed by atoms with Crippen molar-refractivity contribution in [1.29, 1.82) is 0 Å². The summed E-state index contributed by atoms with van der Waals surface area (Å²) in [5.74, 6) is 0. The average molecular weight is 230 g/mol. The molecule has 2 nitrogen and oxygen atoms in total. The highest BCUT2D eigenvalue weighted by Crippen LogP contribution is 2.05. The average Bonchev–Trinajstić information content (AvgIpc) is 2.64. The van der Waals surface area contributed by atoms with Crippen LogP contribution >= 0.6 is 12.2 Å². The molecule has 1 unspecified atom stereocenters. The molecule has 0 aromatic heterocycles. The molecule has 0 radical (unpaired) electrons. The van der Waals surface area contributed by atoms with Gasteiger partial charge in [0, 0.05) is 24.0 Å². The Labute approximate surface area is 100 Å². The van der Waals surface area contributed by atoms with Crippen LogP contribution < -0.4 is 5.32 Å². The maximum atomic E-state index is 5.16. The van der Waals surface area contributed by atoms with E-state index < -0.39 is 0 Å². The quantitative estimate of drug-likeness (QED) is 0.731. The summed E-state index contributed by atoms with van der Waals surface area (Å²) in [4.78, 5) is 3.59. The zero-order valence-corrected chi connectivity index (χ0v) is 11.5. The molecular formula is C12H26N2S. The van der Waals surface area contributed by atoms with Crippen molar-refractivity contribution in [2.45, 2.75) is 46.1 Å². The molecule has 1 rings (SSSR count). The van der Waals surface area contributed by atoms with Gasteiger partial charge < -0.3 is 10.2 Å². The molecule has 0 spiro atoms. The van der Waals surface area contributed by atoms with Crippen molar-refractivity contribution >= 4 is 17.1 Å². The summed E-state index contributed by atoms with van der Waals surface area (Å²) < 4.78 is 0. The number of nitrogens with zero attached hydrogens (tertiary/aromatic N) is 1. The van der Waals surface area contributed by atoms with Crippen LogP contribution in [0.15, 0.2) is 0 Å². The van der Waals surface area contributed by atoms with E-state index in [0.29, 0.717) is 6.04 Å². The second-order valence-electron chi connectivity index (χ2n) is 3.94. The molecule has 1 atom stereocenters. The lowest BCUT2D eigenvalue weighted by atomic mass is 10.2. The third-order valence-electron chi connectivity index (χ3n) is 2.49. The lowest BCUT2D eigenvalue weighted by molar-refractivity contribution is 0.297. The molecular weight excluding hydrogens is 204 g/mol. The maximum absolute atomic E-state index is 5.16. The minimum atomic E-state index is 0.606. The van der Waals surface area contributed by atoms with E-state index in [-0.39, 0.29) is 0 Å². The summed E-state index contributed by atoms with van der Waals surface area (Å²) in [6, 6.07) is 0.606. The van der Waals surface area contributed by atoms with Crippen molar-refractivity contribution in [1.82, 2.24) is 10.2 Å². The highest BCUT2D eigenvalue weighted by atomic mass is 32.1. The SMILES string of the molecule is CC.CCCCN(C)CC1CC(=S)CN1. The van der Waals surface area contributed by atoms with E-state index in [1.807, 2.05) is 13.8 Å². The van der Waals surface area contributed by atoms with E-state index in [2.05, 4.69) is 24.2 Å². The van der Waals surface area contributed by atoms with Gasteiger partial charge >= 0.3 is 0 Å². The van der Waals surface area contributed by atoms with Gasteiger partial charge in [-0.15, -0.1) is 0 Å². The van der Waals surface area contributed by atoms with Gasteiger partial charge in [-0.2, -0.15) is 0 Å². The van der Waals surface area contributed by atoms with Gasteiger partial charge in [0.25, 0.3) is 0 Å². The van der Waals surface area contributed by atoms with E-state index >= 15 is 0 Å². The Bertz CT molecular complexity index is 171. The summed E-state index contributed by atoms with van der Waals surface area (Å²) in [7, 11) is 2.19. The molecule has 1 fully saturated rings. The Morgan fingerprint density at radius 1 is 1.47 bits per heavy atom. The summed E-state index contributed by atoms with van der Waals surface area (Å²) in [6.45, 7) is 9.53. The fourth-order valence-electron chi connectivity index (χ4n) is 1.70. The summed E-state index contributed by atoms with van der Waals surface area (Å²) in [5, 5.41) is 3.43. The first-order valence-corrected chi connectivity index (χ1v) is 6.56. The third kappa shape index (κ3) is 6.98. The van der Waals surface area contributed by atoms with Gasteiger partial charge in [0.2, 0.25) is 0 Å². The minimum Gasteiger partial charge on any atom is -0.308 e. The van der Waals surface area contributed by atoms with Crippen LogP contribution in [0.5, 0.6) is 0 Å². The Balaban J connectivity index is 0.000000921. The molecule has 0 amide bonds. The standard InChI is InChI=1S/C10H20N2S.C2H6/c1-3-4-5-12(2)8-9-6-10(13)7-11-9;1-2/h9,11H,3-8H2,1-2H3;1-2H3. The summed E-state index contributed by atoms with van der Waals surface area (Å²) >= 11 is 5.16. The second kappa shape index (κ2) is 9.25. The molecule has 0 aromatic carbocycles. The first kappa shape index (κ1) is 15.0. The van der Waals surface area contributed by atoms with Crippen molar-refractivity contribution in [3.8, 4) is 0 Å². The highest BCUT2D eigenvalue weighted by Gasteiger charge is 2.19. The minimum absolute atomic E-state index is 0.606. The molecule has 15 heavy (non-hydrogen) atoms. The Hall–Kier alpha value is 0.01000. The van der Waals surface area contributed by atoms with Crippen molar-refractivity contribution in [2.24, 2.45) is 0 Å². The van der Waals surface area contributed by atoms with E-state index in [4.69, 9.17) is 12.2 Å². The molecule has 0 saturated carbocycles. The zero-order valence-electron chi connectivity index (χ0n) is 10.7. The van der Waals surface area contributed by atoms with Crippen LogP contribution in [0, 0.1) is 0 Å². The predicted molar refractivity (Wildman–Crippen MR) is 72.8 cm³/mol. The molecule has 90 valence electrons. The zero-order chi connectivity index (χ0) is 11.7. The first-order valence-electron chi connectivity index (χ1n) is 6.16. The van der Waals surface area contributed by atoms with Gasteiger partial charge in [0.1, 0.15) is 0 Å². The Kier molecular flexibility index (Phi) is 9.26. The van der Waals surface area contributed by atoms with Gasteiger partial charge in [-0.1, -0.05) is 39.4 Å². The molecule has 1 saturated heterocycles. The Morgan fingerprint density at radius 2 is 2.13 bits per heavy atom. The molecule has 1 N–H and O–H groups in total. The number of likely N-dealkylation sites (N-methyl/N-ethyl adjacent to an activating group) is 1. The van der Waals surface area contributed by atoms with Crippen molar-refractivity contribution in [3.05, 3.63) is 0 Å². The molecule has 3 heteroatoms. The number of rotatable bonds is 5. The number of hydrogen-bond donors (Lipinski definition) is 1. The lowest BCUT2D eigenvalue weighted by Crippen LogP contribution is -2.35. The molecule has 1 aliphatic rings. The van der Waals surface area contributed by atoms with Crippen molar-refractivity contribution in [2.75, 3.05) is 26.7 Å². The van der Waals surface area contributed by atoms with Gasteiger partial charge in [0.15, 0.2) is 0 Å². The fraction of sp³-hybridized carbons (Fsp3) is 0.917. The van der Waals surface area contributed by atoms with Crippen molar-refractivity contribution < 1.29 is 0 Å². The highest BCUT2D eigenvalue weighted by molar-refractivity contribution is 7.80. The summed E-state index contributed by atoms with van der Waals surface area (Å²) in [5.41, 5.74) is 0. The molecule has 0 aromatic rings. The van der Waals surface area contributed by atoms with Crippen molar-refractivity contribution in [3.63, 3.8) is 0 Å². The largest absolute Gasteiger partial charge is 0.308 e. The molecule has 1 aliphatic heterocycles. The molecule has 1 heterocycles. The van der Waals surface area contributed by atoms with E-state index in [9.17, 15) is 0 Å². The van der Waals surface area contributed by atoms with Gasteiger partial charge in [-0.25, -0.2) is 0 Å². The number of thiocarbonyl (C=S) groups is 1. The number of nitrogens with one attached hydrogen (secondary N) is 1. The van der Waals surface area contributed by atoms with E-state index in [1.54, 1.807) is 0 Å². The van der Waals surface area contributed by atoms with Crippen LogP contribution in [-0.2, 0) is 0 Å². The second-order valence-corrected chi connectivity index (χ2v) is 4.51. The third-order valence-corrected chi connectivity index (χ3v) is 2.80. The molecule has 0 aliphatic carbocycles. The van der Waals surface area contributed by atoms with Crippen LogP contribution in [0.2, 0.25) is 0 Å². The number of hydrogen-bond acceptors (Lipinski definition) is 3. The topological polar surface area (TPSA) is 15.3 Å². The van der Waals surface area contributed by atoms with Crippen LogP contribution in [-0.4, -0.2) is 42.5 Å². The molecule has 0 bridgehead atoms. The fourth-order valence-corrected chi connectivity index (χ4v) is 1.99.